The van der Waals surface area contributed by atoms with E-state index in [1.54, 1.807) is 37.4 Å². The first-order valence-electron chi connectivity index (χ1n) is 6.44. The van der Waals surface area contributed by atoms with Crippen molar-refractivity contribution in [3.63, 3.8) is 0 Å². The number of rotatable bonds is 5. The Bertz CT molecular complexity index is 654. The molecule has 2 aromatic carbocycles. The van der Waals surface area contributed by atoms with Crippen molar-refractivity contribution in [2.24, 2.45) is 5.16 Å². The largest absolute Gasteiger partial charge is 0.497 e. The molecule has 0 aliphatic heterocycles. The summed E-state index contributed by atoms with van der Waals surface area (Å²) in [6.45, 7) is -0.0373. The number of ether oxygens (including phenoxy) is 1. The third kappa shape index (κ3) is 4.51. The second-order valence-electron chi connectivity index (χ2n) is 4.48. The minimum Gasteiger partial charge on any atom is -0.497 e. The highest BCUT2D eigenvalue weighted by Gasteiger charge is 2.30. The molecule has 22 heavy (non-hydrogen) atoms. The molecule has 116 valence electrons. The van der Waals surface area contributed by atoms with Gasteiger partial charge in [0.25, 0.3) is 0 Å². The summed E-state index contributed by atoms with van der Waals surface area (Å²) in [7, 11) is 1.56. The molecule has 0 aromatic heterocycles. The van der Waals surface area contributed by atoms with Crippen molar-refractivity contribution in [3.05, 3.63) is 65.2 Å². The van der Waals surface area contributed by atoms with Crippen molar-refractivity contribution in [1.82, 2.24) is 0 Å². The van der Waals surface area contributed by atoms with Crippen molar-refractivity contribution in [2.75, 3.05) is 7.11 Å². The number of oxime groups is 1. The van der Waals surface area contributed by atoms with Gasteiger partial charge in [-0.3, -0.25) is 0 Å². The van der Waals surface area contributed by atoms with E-state index in [2.05, 4.69) is 5.16 Å². The maximum absolute atomic E-state index is 12.6. The first kappa shape index (κ1) is 15.9. The maximum Gasteiger partial charge on any atom is 0.416 e. The smallest absolute Gasteiger partial charge is 0.416 e. The quantitative estimate of drug-likeness (QED) is 0.610. The Morgan fingerprint density at radius 2 is 1.86 bits per heavy atom. The molecule has 0 heterocycles. The number of hydrogen-bond acceptors (Lipinski definition) is 3. The van der Waals surface area contributed by atoms with Gasteiger partial charge in [0.2, 0.25) is 0 Å². The van der Waals surface area contributed by atoms with E-state index in [0.29, 0.717) is 11.3 Å². The van der Waals surface area contributed by atoms with Crippen molar-refractivity contribution < 1.29 is 22.7 Å². The standard InChI is InChI=1S/C16H14F3NO2/c1-21-15-7-3-4-12(9-15)10-20-22-11-13-5-2-6-14(8-13)16(17,18)19/h2-10H,11H2,1H3. The van der Waals surface area contributed by atoms with Crippen LogP contribution in [0.15, 0.2) is 53.7 Å². The van der Waals surface area contributed by atoms with Gasteiger partial charge >= 0.3 is 6.18 Å². The van der Waals surface area contributed by atoms with Crippen LogP contribution in [-0.2, 0) is 17.6 Å². The summed E-state index contributed by atoms with van der Waals surface area (Å²) in [6.07, 6.45) is -2.89. The number of hydrogen-bond donors (Lipinski definition) is 0. The zero-order chi connectivity index (χ0) is 16.0. The summed E-state index contributed by atoms with van der Waals surface area (Å²) >= 11 is 0. The van der Waals surface area contributed by atoms with Gasteiger partial charge in [-0.2, -0.15) is 13.2 Å². The van der Waals surface area contributed by atoms with E-state index in [9.17, 15) is 13.2 Å². The van der Waals surface area contributed by atoms with Crippen molar-refractivity contribution in [1.29, 1.82) is 0 Å². The molecule has 3 nitrogen and oxygen atoms in total. The van der Waals surface area contributed by atoms with Gasteiger partial charge in [0, 0.05) is 0 Å². The first-order valence-corrected chi connectivity index (χ1v) is 6.44. The summed E-state index contributed by atoms with van der Waals surface area (Å²) in [5.41, 5.74) is 0.464. The fourth-order valence-electron chi connectivity index (χ4n) is 1.77. The predicted molar refractivity (Wildman–Crippen MR) is 76.8 cm³/mol. The highest BCUT2D eigenvalue weighted by molar-refractivity contribution is 5.79. The molecular weight excluding hydrogens is 295 g/mol. The van der Waals surface area contributed by atoms with Gasteiger partial charge in [-0.15, -0.1) is 0 Å². The molecule has 0 atom stereocenters. The van der Waals surface area contributed by atoms with Crippen LogP contribution in [-0.4, -0.2) is 13.3 Å². The third-order valence-corrected chi connectivity index (χ3v) is 2.86. The SMILES string of the molecule is COc1cccc(C=NOCc2cccc(C(F)(F)F)c2)c1. The van der Waals surface area contributed by atoms with Gasteiger partial charge < -0.3 is 9.57 Å². The molecule has 0 aliphatic carbocycles. The van der Waals surface area contributed by atoms with Crippen LogP contribution in [0.25, 0.3) is 0 Å². The van der Waals surface area contributed by atoms with E-state index in [4.69, 9.17) is 9.57 Å². The molecule has 0 saturated carbocycles. The fourth-order valence-corrected chi connectivity index (χ4v) is 1.77. The number of nitrogens with zero attached hydrogens (tertiary/aromatic N) is 1. The fraction of sp³-hybridized carbons (Fsp3) is 0.188. The van der Waals surface area contributed by atoms with Crippen LogP contribution in [0.4, 0.5) is 13.2 Å². The molecule has 2 rings (SSSR count). The van der Waals surface area contributed by atoms with Crippen LogP contribution < -0.4 is 4.74 Å². The van der Waals surface area contributed by atoms with Gasteiger partial charge in [-0.05, 0) is 35.4 Å². The Balaban J connectivity index is 1.94. The number of benzene rings is 2. The zero-order valence-corrected chi connectivity index (χ0v) is 11.8. The third-order valence-electron chi connectivity index (χ3n) is 2.86. The minimum atomic E-state index is -4.36. The minimum absolute atomic E-state index is 0.0373. The molecule has 0 radical (unpaired) electrons. The number of methoxy groups -OCH3 is 1. The lowest BCUT2D eigenvalue weighted by atomic mass is 10.1. The van der Waals surface area contributed by atoms with Gasteiger partial charge in [-0.1, -0.05) is 29.4 Å². The normalized spacial score (nSPS) is 11.6. The molecule has 0 spiro atoms. The van der Waals surface area contributed by atoms with Crippen LogP contribution in [0.1, 0.15) is 16.7 Å². The molecule has 0 bridgehead atoms. The summed E-state index contributed by atoms with van der Waals surface area (Å²) < 4.78 is 42.8. The van der Waals surface area contributed by atoms with E-state index in [1.165, 1.54) is 12.3 Å². The van der Waals surface area contributed by atoms with E-state index in [0.717, 1.165) is 17.7 Å². The van der Waals surface area contributed by atoms with Crippen LogP contribution in [0.3, 0.4) is 0 Å². The Kier molecular flexibility index (Phi) is 5.04. The van der Waals surface area contributed by atoms with Gasteiger partial charge in [0.05, 0.1) is 18.9 Å². The molecule has 0 unspecified atom stereocenters. The molecule has 0 fully saturated rings. The lowest BCUT2D eigenvalue weighted by Gasteiger charge is -2.07. The molecular formula is C16H14F3NO2. The summed E-state index contributed by atoms with van der Waals surface area (Å²) in [4.78, 5) is 5.03. The average molecular weight is 309 g/mol. The van der Waals surface area contributed by atoms with Crippen LogP contribution in [0.5, 0.6) is 5.75 Å². The van der Waals surface area contributed by atoms with Gasteiger partial charge in [0.15, 0.2) is 0 Å². The molecule has 6 heteroatoms. The molecule has 0 N–H and O–H groups in total. The average Bonchev–Trinajstić information content (AvgIpc) is 2.51. The lowest BCUT2D eigenvalue weighted by Crippen LogP contribution is -2.05. The topological polar surface area (TPSA) is 30.8 Å². The Hall–Kier alpha value is -2.50. The van der Waals surface area contributed by atoms with E-state index >= 15 is 0 Å². The number of alkyl halides is 3. The lowest BCUT2D eigenvalue weighted by molar-refractivity contribution is -0.137. The van der Waals surface area contributed by atoms with Crippen molar-refractivity contribution in [2.45, 2.75) is 12.8 Å². The first-order chi connectivity index (χ1) is 10.5. The molecule has 0 aliphatic rings. The summed E-state index contributed by atoms with van der Waals surface area (Å²) in [5.74, 6) is 0.682. The van der Waals surface area contributed by atoms with Crippen LogP contribution in [0.2, 0.25) is 0 Å². The van der Waals surface area contributed by atoms with E-state index in [1.807, 2.05) is 0 Å². The predicted octanol–water partition coefficient (Wildman–Crippen LogP) is 4.26. The van der Waals surface area contributed by atoms with Crippen LogP contribution >= 0.6 is 0 Å². The monoisotopic (exact) mass is 309 g/mol. The number of halogens is 3. The molecule has 2 aromatic rings. The van der Waals surface area contributed by atoms with Gasteiger partial charge in [0.1, 0.15) is 12.4 Å². The van der Waals surface area contributed by atoms with Crippen molar-refractivity contribution in [3.8, 4) is 5.75 Å². The zero-order valence-electron chi connectivity index (χ0n) is 11.8. The van der Waals surface area contributed by atoms with E-state index in [-0.39, 0.29) is 6.61 Å². The highest BCUT2D eigenvalue weighted by atomic mass is 19.4. The Labute approximate surface area is 126 Å². The van der Waals surface area contributed by atoms with E-state index < -0.39 is 11.7 Å². The van der Waals surface area contributed by atoms with Gasteiger partial charge in [-0.25, -0.2) is 0 Å². The Morgan fingerprint density at radius 3 is 2.59 bits per heavy atom. The molecule has 0 saturated heterocycles. The second kappa shape index (κ2) is 6.98. The Morgan fingerprint density at radius 1 is 1.09 bits per heavy atom. The highest BCUT2D eigenvalue weighted by Crippen LogP contribution is 2.29. The second-order valence-corrected chi connectivity index (χ2v) is 4.48. The maximum atomic E-state index is 12.6. The molecule has 0 amide bonds. The summed E-state index contributed by atoms with van der Waals surface area (Å²) in [5, 5.41) is 3.74. The van der Waals surface area contributed by atoms with Crippen molar-refractivity contribution >= 4 is 6.21 Å². The van der Waals surface area contributed by atoms with Crippen LogP contribution in [0, 0.1) is 0 Å². The summed E-state index contributed by atoms with van der Waals surface area (Å²) in [6, 6.07) is 12.1.